The number of carbonyl (C=O) groups is 1. The van der Waals surface area contributed by atoms with Crippen LogP contribution in [-0.4, -0.2) is 5.91 Å². The molecule has 0 radical (unpaired) electrons. The first-order chi connectivity index (χ1) is 11.0. The number of rotatable bonds is 3. The second kappa shape index (κ2) is 6.49. The van der Waals surface area contributed by atoms with Crippen molar-refractivity contribution >= 4 is 5.91 Å². The van der Waals surface area contributed by atoms with Gasteiger partial charge in [0.15, 0.2) is 11.6 Å². The van der Waals surface area contributed by atoms with Crippen LogP contribution in [0.3, 0.4) is 0 Å². The molecule has 1 atom stereocenters. The largest absolute Gasteiger partial charge is 0.346 e. The highest BCUT2D eigenvalue weighted by atomic mass is 19.2. The van der Waals surface area contributed by atoms with Crippen LogP contribution in [0.4, 0.5) is 8.78 Å². The van der Waals surface area contributed by atoms with Crippen molar-refractivity contribution in [3.8, 4) is 0 Å². The lowest BCUT2D eigenvalue weighted by Gasteiger charge is -2.18. The van der Waals surface area contributed by atoms with E-state index in [2.05, 4.69) is 5.32 Å². The molecule has 0 saturated heterocycles. The SMILES string of the molecule is C[C@@H](NC(=O)c1ccc2c(c1)CCCC2)c1ccc(F)c(F)c1. The molecule has 0 bridgehead atoms. The van der Waals surface area contributed by atoms with E-state index < -0.39 is 17.7 Å². The van der Waals surface area contributed by atoms with E-state index in [9.17, 15) is 13.6 Å². The number of halogens is 2. The third-order valence-corrected chi connectivity index (χ3v) is 4.40. The zero-order chi connectivity index (χ0) is 16.4. The summed E-state index contributed by atoms with van der Waals surface area (Å²) in [6.45, 7) is 1.75. The summed E-state index contributed by atoms with van der Waals surface area (Å²) < 4.78 is 26.3. The van der Waals surface area contributed by atoms with Gasteiger partial charge in [0, 0.05) is 5.56 Å². The Morgan fingerprint density at radius 2 is 1.74 bits per heavy atom. The number of amides is 1. The number of aryl methyl sites for hydroxylation is 2. The third kappa shape index (κ3) is 3.41. The fourth-order valence-electron chi connectivity index (χ4n) is 3.02. The summed E-state index contributed by atoms with van der Waals surface area (Å²) >= 11 is 0. The minimum Gasteiger partial charge on any atom is -0.346 e. The van der Waals surface area contributed by atoms with Gasteiger partial charge in [0.2, 0.25) is 0 Å². The summed E-state index contributed by atoms with van der Waals surface area (Å²) in [4.78, 5) is 12.4. The van der Waals surface area contributed by atoms with Crippen LogP contribution in [0.1, 0.15) is 52.9 Å². The van der Waals surface area contributed by atoms with E-state index >= 15 is 0 Å². The standard InChI is InChI=1S/C19H19F2NO/c1-12(14-8-9-17(20)18(21)11-14)22-19(23)16-7-6-13-4-2-3-5-15(13)10-16/h6-12H,2-5H2,1H3,(H,22,23)/t12-/m1/s1. The lowest BCUT2D eigenvalue weighted by atomic mass is 9.90. The van der Waals surface area contributed by atoms with Crippen LogP contribution in [0.5, 0.6) is 0 Å². The van der Waals surface area contributed by atoms with Gasteiger partial charge in [-0.2, -0.15) is 0 Å². The van der Waals surface area contributed by atoms with Crippen LogP contribution in [0.2, 0.25) is 0 Å². The molecule has 3 rings (SSSR count). The van der Waals surface area contributed by atoms with Crippen molar-refractivity contribution in [3.63, 3.8) is 0 Å². The van der Waals surface area contributed by atoms with E-state index in [0.29, 0.717) is 11.1 Å². The molecule has 1 aliphatic rings. The fourth-order valence-corrected chi connectivity index (χ4v) is 3.02. The molecular formula is C19H19F2NO. The molecule has 0 aromatic heterocycles. The molecule has 1 aliphatic carbocycles. The molecule has 23 heavy (non-hydrogen) atoms. The van der Waals surface area contributed by atoms with Gasteiger partial charge in [0.05, 0.1) is 6.04 Å². The monoisotopic (exact) mass is 315 g/mol. The molecular weight excluding hydrogens is 296 g/mol. The summed E-state index contributed by atoms with van der Waals surface area (Å²) in [5.74, 6) is -1.99. The Balaban J connectivity index is 1.74. The van der Waals surface area contributed by atoms with Gasteiger partial charge < -0.3 is 5.32 Å². The summed E-state index contributed by atoms with van der Waals surface area (Å²) in [6.07, 6.45) is 4.44. The van der Waals surface area contributed by atoms with Crippen LogP contribution in [0.25, 0.3) is 0 Å². The number of hydrogen-bond acceptors (Lipinski definition) is 1. The molecule has 4 heteroatoms. The summed E-state index contributed by atoms with van der Waals surface area (Å²) in [5.41, 5.74) is 3.71. The van der Waals surface area contributed by atoms with Gasteiger partial charge in [0.25, 0.3) is 5.91 Å². The zero-order valence-electron chi connectivity index (χ0n) is 13.0. The van der Waals surface area contributed by atoms with Crippen molar-refractivity contribution in [2.24, 2.45) is 0 Å². The van der Waals surface area contributed by atoms with Gasteiger partial charge in [-0.3, -0.25) is 4.79 Å². The van der Waals surface area contributed by atoms with Crippen molar-refractivity contribution in [2.45, 2.75) is 38.6 Å². The van der Waals surface area contributed by atoms with Gasteiger partial charge >= 0.3 is 0 Å². The highest BCUT2D eigenvalue weighted by Crippen LogP contribution is 2.23. The van der Waals surface area contributed by atoms with Crippen molar-refractivity contribution in [1.29, 1.82) is 0 Å². The van der Waals surface area contributed by atoms with E-state index in [4.69, 9.17) is 0 Å². The maximum absolute atomic E-state index is 13.3. The highest BCUT2D eigenvalue weighted by molar-refractivity contribution is 5.94. The summed E-state index contributed by atoms with van der Waals surface area (Å²) in [5, 5.41) is 2.84. The van der Waals surface area contributed by atoms with E-state index in [-0.39, 0.29) is 5.91 Å². The maximum atomic E-state index is 13.3. The van der Waals surface area contributed by atoms with E-state index in [1.165, 1.54) is 23.6 Å². The summed E-state index contributed by atoms with van der Waals surface area (Å²) in [7, 11) is 0. The van der Waals surface area contributed by atoms with Crippen molar-refractivity contribution < 1.29 is 13.6 Å². The first-order valence-corrected chi connectivity index (χ1v) is 7.92. The molecule has 0 saturated carbocycles. The van der Waals surface area contributed by atoms with E-state index in [0.717, 1.165) is 31.4 Å². The second-order valence-corrected chi connectivity index (χ2v) is 6.06. The Labute approximate surface area is 134 Å². The molecule has 1 N–H and O–H groups in total. The Kier molecular flexibility index (Phi) is 4.42. The van der Waals surface area contributed by atoms with Crippen molar-refractivity contribution in [1.82, 2.24) is 5.32 Å². The molecule has 2 aromatic rings. The van der Waals surface area contributed by atoms with Crippen LogP contribution in [0.15, 0.2) is 36.4 Å². The predicted octanol–water partition coefficient (Wildman–Crippen LogP) is 4.33. The van der Waals surface area contributed by atoms with Gasteiger partial charge in [-0.1, -0.05) is 12.1 Å². The average Bonchev–Trinajstić information content (AvgIpc) is 2.56. The molecule has 2 aromatic carbocycles. The number of fused-ring (bicyclic) bond motifs is 1. The van der Waals surface area contributed by atoms with Crippen LogP contribution < -0.4 is 5.32 Å². The predicted molar refractivity (Wildman–Crippen MR) is 85.3 cm³/mol. The Hall–Kier alpha value is -2.23. The number of benzene rings is 2. The number of hydrogen-bond donors (Lipinski definition) is 1. The first-order valence-electron chi connectivity index (χ1n) is 7.92. The molecule has 1 amide bonds. The molecule has 120 valence electrons. The van der Waals surface area contributed by atoms with Crippen molar-refractivity contribution in [3.05, 3.63) is 70.3 Å². The van der Waals surface area contributed by atoms with Gasteiger partial charge in [-0.05, 0) is 73.6 Å². The lowest BCUT2D eigenvalue weighted by Crippen LogP contribution is -2.27. The second-order valence-electron chi connectivity index (χ2n) is 6.06. The smallest absolute Gasteiger partial charge is 0.251 e. The van der Waals surface area contributed by atoms with Crippen LogP contribution in [-0.2, 0) is 12.8 Å². The molecule has 0 heterocycles. The third-order valence-electron chi connectivity index (χ3n) is 4.40. The minimum atomic E-state index is -0.905. The minimum absolute atomic E-state index is 0.199. The van der Waals surface area contributed by atoms with Gasteiger partial charge in [0.1, 0.15) is 0 Å². The Morgan fingerprint density at radius 1 is 1.00 bits per heavy atom. The van der Waals surface area contributed by atoms with E-state index in [1.54, 1.807) is 6.92 Å². The maximum Gasteiger partial charge on any atom is 0.251 e. The Morgan fingerprint density at radius 3 is 2.48 bits per heavy atom. The molecule has 2 nitrogen and oxygen atoms in total. The highest BCUT2D eigenvalue weighted by Gasteiger charge is 2.16. The molecule has 0 fully saturated rings. The first kappa shape index (κ1) is 15.7. The van der Waals surface area contributed by atoms with Crippen LogP contribution >= 0.6 is 0 Å². The number of carbonyl (C=O) groups excluding carboxylic acids is 1. The molecule has 0 unspecified atom stereocenters. The van der Waals surface area contributed by atoms with Crippen LogP contribution in [0, 0.1) is 11.6 Å². The molecule has 0 aliphatic heterocycles. The lowest BCUT2D eigenvalue weighted by molar-refractivity contribution is 0.0939. The fraction of sp³-hybridized carbons (Fsp3) is 0.316. The Bertz CT molecular complexity index is 742. The average molecular weight is 315 g/mol. The normalized spacial score (nSPS) is 14.9. The number of nitrogens with one attached hydrogen (secondary N) is 1. The quantitative estimate of drug-likeness (QED) is 0.897. The van der Waals surface area contributed by atoms with Gasteiger partial charge in [-0.25, -0.2) is 8.78 Å². The topological polar surface area (TPSA) is 29.1 Å². The molecule has 0 spiro atoms. The van der Waals surface area contributed by atoms with Crippen molar-refractivity contribution in [2.75, 3.05) is 0 Å². The van der Waals surface area contributed by atoms with E-state index in [1.807, 2.05) is 18.2 Å². The van der Waals surface area contributed by atoms with Gasteiger partial charge in [-0.15, -0.1) is 0 Å². The summed E-state index contributed by atoms with van der Waals surface area (Å²) in [6, 6.07) is 9.08. The zero-order valence-corrected chi connectivity index (χ0v) is 13.0.